The van der Waals surface area contributed by atoms with Gasteiger partial charge in [0.1, 0.15) is 0 Å². The second-order valence-corrected chi connectivity index (χ2v) is 7.15. The molecule has 1 aliphatic rings. The van der Waals surface area contributed by atoms with Crippen LogP contribution in [0.15, 0.2) is 6.07 Å². The Morgan fingerprint density at radius 3 is 1.92 bits per heavy atom. The van der Waals surface area contributed by atoms with E-state index in [9.17, 15) is 9.59 Å². The van der Waals surface area contributed by atoms with Crippen molar-refractivity contribution in [3.05, 3.63) is 28.3 Å². The Balaban J connectivity index is 2.72. The predicted octanol–water partition coefficient (Wildman–Crippen LogP) is 2.95. The van der Waals surface area contributed by atoms with E-state index in [0.29, 0.717) is 6.42 Å². The zero-order valence-corrected chi connectivity index (χ0v) is 15.4. The molecule has 0 atom stereocenters. The van der Waals surface area contributed by atoms with Crippen LogP contribution in [0.4, 0.5) is 5.69 Å². The molecular formula is C19H27NO4. The maximum absolute atomic E-state index is 12.5. The fourth-order valence-electron chi connectivity index (χ4n) is 3.88. The van der Waals surface area contributed by atoms with Crippen LogP contribution in [0.5, 0.6) is 0 Å². The third-order valence-corrected chi connectivity index (χ3v) is 4.97. The van der Waals surface area contributed by atoms with Gasteiger partial charge in [-0.15, -0.1) is 0 Å². The molecule has 0 bridgehead atoms. The molecule has 24 heavy (non-hydrogen) atoms. The van der Waals surface area contributed by atoms with Gasteiger partial charge in [-0.05, 0) is 40.2 Å². The quantitative estimate of drug-likeness (QED) is 0.521. The number of esters is 2. The topological polar surface area (TPSA) is 78.6 Å². The Morgan fingerprint density at radius 2 is 1.50 bits per heavy atom. The van der Waals surface area contributed by atoms with Gasteiger partial charge in [-0.1, -0.05) is 27.7 Å². The van der Waals surface area contributed by atoms with Crippen molar-refractivity contribution in [3.8, 4) is 0 Å². The fourth-order valence-corrected chi connectivity index (χ4v) is 3.88. The highest BCUT2D eigenvalue weighted by Gasteiger charge is 2.54. The van der Waals surface area contributed by atoms with Crippen molar-refractivity contribution in [2.75, 3.05) is 20.0 Å². The molecule has 1 aromatic carbocycles. The van der Waals surface area contributed by atoms with Crippen LogP contribution < -0.4 is 5.73 Å². The number of anilines is 1. The molecule has 0 aromatic heterocycles. The van der Waals surface area contributed by atoms with Gasteiger partial charge in [0.25, 0.3) is 0 Å². The monoisotopic (exact) mass is 333 g/mol. The first-order valence-electron chi connectivity index (χ1n) is 8.30. The minimum absolute atomic E-state index is 0.200. The van der Waals surface area contributed by atoms with Gasteiger partial charge < -0.3 is 15.2 Å². The molecule has 0 heterocycles. The zero-order valence-electron chi connectivity index (χ0n) is 15.4. The average molecular weight is 333 g/mol. The van der Waals surface area contributed by atoms with E-state index < -0.39 is 17.4 Å². The molecule has 0 saturated heterocycles. The van der Waals surface area contributed by atoms with E-state index in [2.05, 4.69) is 27.7 Å². The summed E-state index contributed by atoms with van der Waals surface area (Å²) in [6.07, 6.45) is 0.579. The lowest BCUT2D eigenvalue weighted by atomic mass is 9.84. The van der Waals surface area contributed by atoms with E-state index >= 15 is 0 Å². The smallest absolute Gasteiger partial charge is 0.323 e. The van der Waals surface area contributed by atoms with Crippen molar-refractivity contribution in [1.82, 2.24) is 0 Å². The molecule has 5 nitrogen and oxygen atoms in total. The summed E-state index contributed by atoms with van der Waals surface area (Å²) in [4.78, 5) is 25.0. The van der Waals surface area contributed by atoms with Gasteiger partial charge in [0.2, 0.25) is 0 Å². The number of rotatable bonds is 4. The summed E-state index contributed by atoms with van der Waals surface area (Å²) in [5.41, 5.74) is 9.86. The minimum atomic E-state index is -1.31. The zero-order chi connectivity index (χ0) is 18.2. The normalized spacial score (nSPS) is 15.5. The van der Waals surface area contributed by atoms with Crippen molar-refractivity contribution < 1.29 is 19.1 Å². The van der Waals surface area contributed by atoms with E-state index in [1.54, 1.807) is 0 Å². The lowest BCUT2D eigenvalue weighted by molar-refractivity contribution is -0.168. The molecule has 0 spiro atoms. The number of ether oxygens (including phenoxy) is 2. The number of fused-ring (bicyclic) bond motifs is 1. The standard InChI is InChI=1S/C19H27NO4/c1-10(2)12-7-15(20)16(11(3)4)14-9-19(8-13(12)14,17(21)23-5)18(22)24-6/h7,10-11H,8-9,20H2,1-6H3. The number of hydrogen-bond acceptors (Lipinski definition) is 5. The third kappa shape index (κ3) is 2.66. The Hall–Kier alpha value is -2.04. The molecule has 1 aromatic rings. The molecule has 0 unspecified atom stereocenters. The Morgan fingerprint density at radius 1 is 1.00 bits per heavy atom. The fraction of sp³-hybridized carbons (Fsp3) is 0.579. The maximum Gasteiger partial charge on any atom is 0.323 e. The third-order valence-electron chi connectivity index (χ3n) is 4.97. The van der Waals surface area contributed by atoms with E-state index in [1.165, 1.54) is 14.2 Å². The predicted molar refractivity (Wildman–Crippen MR) is 92.9 cm³/mol. The van der Waals surface area contributed by atoms with Crippen LogP contribution in [-0.4, -0.2) is 26.2 Å². The summed E-state index contributed by atoms with van der Waals surface area (Å²) >= 11 is 0. The summed E-state index contributed by atoms with van der Waals surface area (Å²) in [5, 5.41) is 0. The molecular weight excluding hydrogens is 306 g/mol. The van der Waals surface area contributed by atoms with Crippen LogP contribution in [0.3, 0.4) is 0 Å². The molecule has 0 amide bonds. The average Bonchev–Trinajstić information content (AvgIpc) is 2.92. The molecule has 2 rings (SSSR count). The van der Waals surface area contributed by atoms with Crippen LogP contribution in [0, 0.1) is 5.41 Å². The van der Waals surface area contributed by atoms with Crippen LogP contribution in [-0.2, 0) is 31.9 Å². The van der Waals surface area contributed by atoms with Crippen molar-refractivity contribution in [3.63, 3.8) is 0 Å². The number of carbonyl (C=O) groups excluding carboxylic acids is 2. The molecule has 0 fully saturated rings. The molecule has 0 radical (unpaired) electrons. The van der Waals surface area contributed by atoms with Gasteiger partial charge in [0.05, 0.1) is 14.2 Å². The maximum atomic E-state index is 12.5. The van der Waals surface area contributed by atoms with Crippen molar-refractivity contribution in [1.29, 1.82) is 0 Å². The van der Waals surface area contributed by atoms with Gasteiger partial charge in [-0.3, -0.25) is 9.59 Å². The second kappa shape index (κ2) is 6.46. The summed E-state index contributed by atoms with van der Waals surface area (Å²) in [5.74, 6) is -0.651. The van der Waals surface area contributed by atoms with Gasteiger partial charge in [0, 0.05) is 18.5 Å². The number of hydrogen-bond donors (Lipinski definition) is 1. The number of nitrogen functional groups attached to an aromatic ring is 1. The Kier molecular flexibility index (Phi) is 4.92. The van der Waals surface area contributed by atoms with Gasteiger partial charge in [-0.25, -0.2) is 0 Å². The van der Waals surface area contributed by atoms with E-state index in [1.807, 2.05) is 6.07 Å². The van der Waals surface area contributed by atoms with Crippen LogP contribution in [0.1, 0.15) is 61.8 Å². The molecule has 1 aliphatic carbocycles. The molecule has 0 aliphatic heterocycles. The highest BCUT2D eigenvalue weighted by molar-refractivity contribution is 6.02. The van der Waals surface area contributed by atoms with Crippen LogP contribution in [0.25, 0.3) is 0 Å². The first-order chi connectivity index (χ1) is 11.2. The first kappa shape index (κ1) is 18.3. The van der Waals surface area contributed by atoms with Crippen LogP contribution >= 0.6 is 0 Å². The van der Waals surface area contributed by atoms with Crippen LogP contribution in [0.2, 0.25) is 0 Å². The van der Waals surface area contributed by atoms with Crippen molar-refractivity contribution in [2.45, 2.75) is 52.4 Å². The lowest BCUT2D eigenvalue weighted by Crippen LogP contribution is -2.42. The summed E-state index contributed by atoms with van der Waals surface area (Å²) in [7, 11) is 2.61. The first-order valence-corrected chi connectivity index (χ1v) is 8.30. The Labute approximate surface area is 143 Å². The molecule has 132 valence electrons. The van der Waals surface area contributed by atoms with Gasteiger partial charge >= 0.3 is 11.9 Å². The highest BCUT2D eigenvalue weighted by atomic mass is 16.5. The summed E-state index contributed by atoms with van der Waals surface area (Å²) in [6.45, 7) is 8.30. The Bertz CT molecular complexity index is 660. The highest BCUT2D eigenvalue weighted by Crippen LogP contribution is 2.46. The SMILES string of the molecule is COC(=O)C1(C(=O)OC)Cc2c(C(C)C)cc(N)c(C(C)C)c2C1. The number of benzene rings is 1. The van der Waals surface area contributed by atoms with E-state index in [4.69, 9.17) is 15.2 Å². The van der Waals surface area contributed by atoms with Crippen molar-refractivity contribution >= 4 is 17.6 Å². The summed E-state index contributed by atoms with van der Waals surface area (Å²) in [6, 6.07) is 1.99. The number of nitrogens with two attached hydrogens (primary N) is 1. The largest absolute Gasteiger partial charge is 0.468 e. The van der Waals surface area contributed by atoms with E-state index in [-0.39, 0.29) is 18.3 Å². The van der Waals surface area contributed by atoms with Gasteiger partial charge in [0.15, 0.2) is 5.41 Å². The lowest BCUT2D eigenvalue weighted by Gasteiger charge is -2.23. The number of methoxy groups -OCH3 is 2. The minimum Gasteiger partial charge on any atom is -0.468 e. The van der Waals surface area contributed by atoms with Gasteiger partial charge in [-0.2, -0.15) is 0 Å². The second-order valence-electron chi connectivity index (χ2n) is 7.15. The van der Waals surface area contributed by atoms with E-state index in [0.717, 1.165) is 27.9 Å². The molecule has 0 saturated carbocycles. The summed E-state index contributed by atoms with van der Waals surface area (Å²) < 4.78 is 9.90. The number of carbonyl (C=O) groups is 2. The molecule has 2 N–H and O–H groups in total. The molecule has 5 heteroatoms. The van der Waals surface area contributed by atoms with Crippen molar-refractivity contribution in [2.24, 2.45) is 5.41 Å².